The van der Waals surface area contributed by atoms with E-state index in [1.165, 1.54) is 16.9 Å². The van der Waals surface area contributed by atoms with Gasteiger partial charge in [-0.05, 0) is 51.0 Å². The molecule has 0 spiro atoms. The van der Waals surface area contributed by atoms with Gasteiger partial charge in [0.05, 0.1) is 0 Å². The Morgan fingerprint density at radius 3 is 2.57 bits per heavy atom. The summed E-state index contributed by atoms with van der Waals surface area (Å²) >= 11 is 1.36. The number of nitrogens with one attached hydrogen (secondary N) is 1. The summed E-state index contributed by atoms with van der Waals surface area (Å²) in [5.74, 6) is 0.689. The number of hydrogen-bond acceptors (Lipinski definition) is 4. The van der Waals surface area contributed by atoms with Crippen LogP contribution >= 0.6 is 11.3 Å². The highest BCUT2D eigenvalue weighted by Crippen LogP contribution is 2.24. The van der Waals surface area contributed by atoms with E-state index in [0.717, 1.165) is 27.7 Å². The highest BCUT2D eigenvalue weighted by Gasteiger charge is 2.18. The molecule has 0 bridgehead atoms. The fourth-order valence-corrected chi connectivity index (χ4v) is 3.29. The van der Waals surface area contributed by atoms with Crippen LogP contribution in [0.1, 0.15) is 32.3 Å². The topological polar surface area (TPSA) is 59.3 Å². The summed E-state index contributed by atoms with van der Waals surface area (Å²) < 4.78 is 1.90. The number of carbonyl (C=O) groups excluding carboxylic acids is 1. The number of hydrogen-bond donors (Lipinski definition) is 1. The molecule has 5 nitrogen and oxygen atoms in total. The Labute approximate surface area is 126 Å². The van der Waals surface area contributed by atoms with Crippen molar-refractivity contribution in [2.75, 3.05) is 5.32 Å². The van der Waals surface area contributed by atoms with Crippen LogP contribution in [-0.4, -0.2) is 20.5 Å². The number of carbonyl (C=O) groups is 1. The highest BCUT2D eigenvalue weighted by atomic mass is 32.1. The predicted octanol–water partition coefficient (Wildman–Crippen LogP) is 3.28. The van der Waals surface area contributed by atoms with Gasteiger partial charge < -0.3 is 5.32 Å². The maximum Gasteiger partial charge on any atom is 0.267 e. The van der Waals surface area contributed by atoms with Crippen LogP contribution in [0.2, 0.25) is 0 Å². The summed E-state index contributed by atoms with van der Waals surface area (Å²) in [6.45, 7) is 7.87. The molecule has 1 aromatic carbocycles. The van der Waals surface area contributed by atoms with Gasteiger partial charge in [-0.2, -0.15) is 0 Å². The highest BCUT2D eigenvalue weighted by molar-refractivity contribution is 7.19. The van der Waals surface area contributed by atoms with E-state index >= 15 is 0 Å². The van der Waals surface area contributed by atoms with E-state index in [0.29, 0.717) is 4.88 Å². The number of rotatable bonds is 2. The number of aryl methyl sites for hydroxylation is 4. The molecule has 3 aromatic rings. The molecule has 108 valence electrons. The molecule has 2 heterocycles. The molecule has 0 saturated carbocycles. The largest absolute Gasteiger partial charge is 0.321 e. The van der Waals surface area contributed by atoms with Crippen molar-refractivity contribution in [2.45, 2.75) is 27.7 Å². The van der Waals surface area contributed by atoms with Gasteiger partial charge in [0.25, 0.3) is 5.91 Å². The minimum atomic E-state index is -0.106. The molecule has 0 saturated heterocycles. The summed E-state index contributed by atoms with van der Waals surface area (Å²) in [5, 5.41) is 11.0. The Morgan fingerprint density at radius 2 is 1.90 bits per heavy atom. The number of benzene rings is 1. The molecule has 1 amide bonds. The Balaban J connectivity index is 1.93. The van der Waals surface area contributed by atoms with Crippen LogP contribution in [-0.2, 0) is 0 Å². The van der Waals surface area contributed by atoms with Crippen molar-refractivity contribution in [3.63, 3.8) is 0 Å². The van der Waals surface area contributed by atoms with Gasteiger partial charge in [-0.25, -0.2) is 0 Å². The number of fused-ring (bicyclic) bond motifs is 1. The van der Waals surface area contributed by atoms with E-state index in [1.807, 2.05) is 43.4 Å². The maximum absolute atomic E-state index is 12.4. The average Bonchev–Trinajstić information content (AvgIpc) is 2.96. The second kappa shape index (κ2) is 4.96. The first kappa shape index (κ1) is 13.8. The molecule has 0 radical (unpaired) electrons. The third-order valence-corrected chi connectivity index (χ3v) is 4.76. The van der Waals surface area contributed by atoms with Crippen molar-refractivity contribution in [1.29, 1.82) is 0 Å². The van der Waals surface area contributed by atoms with Crippen LogP contribution in [0.4, 0.5) is 5.69 Å². The van der Waals surface area contributed by atoms with Gasteiger partial charge in [-0.1, -0.05) is 17.4 Å². The number of thiazole rings is 1. The third-order valence-electron chi connectivity index (χ3n) is 3.62. The molecule has 0 atom stereocenters. The lowest BCUT2D eigenvalue weighted by Crippen LogP contribution is -2.12. The minimum Gasteiger partial charge on any atom is -0.321 e. The normalized spacial score (nSPS) is 11.0. The zero-order valence-electron chi connectivity index (χ0n) is 12.4. The van der Waals surface area contributed by atoms with Gasteiger partial charge in [0.1, 0.15) is 10.7 Å². The van der Waals surface area contributed by atoms with Crippen molar-refractivity contribution >= 4 is 27.9 Å². The second-order valence-corrected chi connectivity index (χ2v) is 6.11. The zero-order chi connectivity index (χ0) is 15.1. The predicted molar refractivity (Wildman–Crippen MR) is 84.2 cm³/mol. The molecule has 0 fully saturated rings. The van der Waals surface area contributed by atoms with Gasteiger partial charge in [0.2, 0.25) is 4.96 Å². The first-order chi connectivity index (χ1) is 9.97. The smallest absolute Gasteiger partial charge is 0.267 e. The lowest BCUT2D eigenvalue weighted by molar-refractivity contribution is 0.102. The van der Waals surface area contributed by atoms with Crippen LogP contribution < -0.4 is 5.32 Å². The molecule has 6 heteroatoms. The summed E-state index contributed by atoms with van der Waals surface area (Å²) in [6, 6.07) is 5.91. The number of amides is 1. The average molecular weight is 300 g/mol. The standard InChI is InChI=1S/C15H16N4OS/c1-8-5-6-12(7-9(8)2)16-14(20)13-10(3)19-11(4)17-18-15(19)21-13/h5-7H,1-4H3,(H,16,20). The quantitative estimate of drug-likeness (QED) is 0.790. The number of anilines is 1. The van der Waals surface area contributed by atoms with Crippen molar-refractivity contribution < 1.29 is 4.79 Å². The SMILES string of the molecule is Cc1ccc(NC(=O)c2sc3nnc(C)n3c2C)cc1C. The van der Waals surface area contributed by atoms with E-state index in [4.69, 9.17) is 0 Å². The van der Waals surface area contributed by atoms with E-state index < -0.39 is 0 Å². The van der Waals surface area contributed by atoms with E-state index in [9.17, 15) is 4.79 Å². The Kier molecular flexibility index (Phi) is 3.25. The molecule has 0 unspecified atom stereocenters. The Hall–Kier alpha value is -2.21. The Morgan fingerprint density at radius 1 is 1.14 bits per heavy atom. The summed E-state index contributed by atoms with van der Waals surface area (Å²) in [7, 11) is 0. The minimum absolute atomic E-state index is 0.106. The van der Waals surface area contributed by atoms with Crippen LogP contribution in [0.3, 0.4) is 0 Å². The van der Waals surface area contributed by atoms with Gasteiger partial charge in [-0.3, -0.25) is 9.20 Å². The molecular formula is C15H16N4OS. The molecule has 1 N–H and O–H groups in total. The molecule has 21 heavy (non-hydrogen) atoms. The van der Waals surface area contributed by atoms with Crippen molar-refractivity contribution in [2.24, 2.45) is 0 Å². The van der Waals surface area contributed by atoms with Crippen LogP contribution in [0.25, 0.3) is 4.96 Å². The van der Waals surface area contributed by atoms with E-state index in [1.54, 1.807) is 0 Å². The van der Waals surface area contributed by atoms with Gasteiger partial charge in [-0.15, -0.1) is 10.2 Å². The van der Waals surface area contributed by atoms with Gasteiger partial charge >= 0.3 is 0 Å². The van der Waals surface area contributed by atoms with Gasteiger partial charge in [0, 0.05) is 11.4 Å². The zero-order valence-corrected chi connectivity index (χ0v) is 13.2. The third kappa shape index (κ3) is 2.31. The monoisotopic (exact) mass is 300 g/mol. The van der Waals surface area contributed by atoms with Crippen LogP contribution in [0.15, 0.2) is 18.2 Å². The first-order valence-corrected chi connectivity index (χ1v) is 7.48. The molecule has 0 aliphatic carbocycles. The molecule has 3 rings (SSSR count). The first-order valence-electron chi connectivity index (χ1n) is 6.67. The van der Waals surface area contributed by atoms with Gasteiger partial charge in [0.15, 0.2) is 0 Å². The lowest BCUT2D eigenvalue weighted by Gasteiger charge is -2.07. The van der Waals surface area contributed by atoms with E-state index in [2.05, 4.69) is 22.4 Å². The summed E-state index contributed by atoms with van der Waals surface area (Å²) in [5.41, 5.74) is 4.05. The second-order valence-electron chi connectivity index (χ2n) is 5.13. The molecule has 2 aromatic heterocycles. The van der Waals surface area contributed by atoms with Crippen molar-refractivity contribution in [1.82, 2.24) is 14.6 Å². The lowest BCUT2D eigenvalue weighted by atomic mass is 10.1. The van der Waals surface area contributed by atoms with Crippen LogP contribution in [0.5, 0.6) is 0 Å². The van der Waals surface area contributed by atoms with Crippen LogP contribution in [0, 0.1) is 27.7 Å². The summed E-state index contributed by atoms with van der Waals surface area (Å²) in [4.78, 5) is 13.9. The fourth-order valence-electron chi connectivity index (χ4n) is 2.28. The molecule has 0 aliphatic heterocycles. The number of aromatic nitrogens is 3. The van der Waals surface area contributed by atoms with Crippen molar-refractivity contribution in [3.8, 4) is 0 Å². The number of nitrogens with zero attached hydrogens (tertiary/aromatic N) is 3. The molecular weight excluding hydrogens is 284 g/mol. The summed E-state index contributed by atoms with van der Waals surface area (Å²) in [6.07, 6.45) is 0. The maximum atomic E-state index is 12.4. The Bertz CT molecular complexity index is 847. The van der Waals surface area contributed by atoms with Crippen molar-refractivity contribution in [3.05, 3.63) is 45.7 Å². The van der Waals surface area contributed by atoms with E-state index in [-0.39, 0.29) is 5.91 Å². The molecule has 0 aliphatic rings. The fraction of sp³-hybridized carbons (Fsp3) is 0.267.